The molecule has 0 spiro atoms. The second-order valence-corrected chi connectivity index (χ2v) is 7.68. The first-order valence-electron chi connectivity index (χ1n) is 10.6. The third-order valence-corrected chi connectivity index (χ3v) is 5.52. The van der Waals surface area contributed by atoms with E-state index in [-0.39, 0.29) is 5.82 Å². The molecule has 0 radical (unpaired) electrons. The molecule has 0 saturated heterocycles. The van der Waals surface area contributed by atoms with Crippen molar-refractivity contribution in [2.75, 3.05) is 13.7 Å². The van der Waals surface area contributed by atoms with Crippen LogP contribution in [0, 0.1) is 5.82 Å². The van der Waals surface area contributed by atoms with Gasteiger partial charge in [0, 0.05) is 48.5 Å². The number of nitrogens with zero attached hydrogens (tertiary/aromatic N) is 2. The predicted octanol–water partition coefficient (Wildman–Crippen LogP) is 6.01. The molecular formula is C26H23FN4O. The lowest BCUT2D eigenvalue weighted by Crippen LogP contribution is -1.94. The Morgan fingerprint density at radius 3 is 2.53 bits per heavy atom. The molecule has 2 aromatic carbocycles. The topological polar surface area (TPSA) is 66.6 Å². The largest absolute Gasteiger partial charge is 0.385 e. The number of imidazole rings is 1. The molecule has 0 amide bonds. The summed E-state index contributed by atoms with van der Waals surface area (Å²) >= 11 is 0. The Balaban J connectivity index is 1.64. The molecule has 5 nitrogen and oxygen atoms in total. The Labute approximate surface area is 185 Å². The second kappa shape index (κ2) is 8.77. The smallest absolute Gasteiger partial charge is 0.138 e. The van der Waals surface area contributed by atoms with Gasteiger partial charge in [-0.15, -0.1) is 0 Å². The first kappa shape index (κ1) is 20.2. The van der Waals surface area contributed by atoms with Crippen molar-refractivity contribution < 1.29 is 9.13 Å². The van der Waals surface area contributed by atoms with Gasteiger partial charge in [0.1, 0.15) is 17.3 Å². The van der Waals surface area contributed by atoms with Gasteiger partial charge < -0.3 is 14.7 Å². The number of pyridine rings is 1. The lowest BCUT2D eigenvalue weighted by atomic mass is 10.0. The Hall–Kier alpha value is -3.77. The van der Waals surface area contributed by atoms with Gasteiger partial charge in [-0.3, -0.25) is 0 Å². The van der Waals surface area contributed by atoms with Gasteiger partial charge in [0.15, 0.2) is 0 Å². The molecule has 160 valence electrons. The summed E-state index contributed by atoms with van der Waals surface area (Å²) in [5.74, 6) is 0.607. The van der Waals surface area contributed by atoms with E-state index in [4.69, 9.17) is 9.72 Å². The summed E-state index contributed by atoms with van der Waals surface area (Å²) in [7, 11) is 1.70. The van der Waals surface area contributed by atoms with E-state index < -0.39 is 0 Å². The molecule has 3 heterocycles. The zero-order valence-electron chi connectivity index (χ0n) is 17.7. The van der Waals surface area contributed by atoms with Crippen LogP contribution in [0.15, 0.2) is 72.9 Å². The van der Waals surface area contributed by atoms with Crippen molar-refractivity contribution in [3.05, 3.63) is 84.6 Å². The van der Waals surface area contributed by atoms with Crippen molar-refractivity contribution in [1.82, 2.24) is 19.9 Å². The van der Waals surface area contributed by atoms with Gasteiger partial charge >= 0.3 is 0 Å². The van der Waals surface area contributed by atoms with Crippen LogP contribution >= 0.6 is 0 Å². The van der Waals surface area contributed by atoms with Gasteiger partial charge in [-0.2, -0.15) is 0 Å². The molecule has 0 aliphatic rings. The molecule has 0 unspecified atom stereocenters. The standard InChI is InChI=1S/C26H23FN4O/c1-32-15-5-8-23-30-24(18-9-11-19(27)12-10-18)25(31-23)20-13-14-28-26-21(20)16-22(29-26)17-6-3-2-4-7-17/h2-4,6-7,9-14,16H,5,8,15H2,1H3,(H,28,29)(H,30,31). The normalized spacial score (nSPS) is 11.3. The predicted molar refractivity (Wildman–Crippen MR) is 125 cm³/mol. The van der Waals surface area contributed by atoms with Crippen LogP contribution in [0.3, 0.4) is 0 Å². The van der Waals surface area contributed by atoms with Crippen molar-refractivity contribution in [3.8, 4) is 33.8 Å². The number of aryl methyl sites for hydroxylation is 1. The summed E-state index contributed by atoms with van der Waals surface area (Å²) in [6, 6.07) is 20.7. The highest BCUT2D eigenvalue weighted by Crippen LogP contribution is 2.36. The van der Waals surface area contributed by atoms with Gasteiger partial charge in [-0.25, -0.2) is 14.4 Å². The minimum Gasteiger partial charge on any atom is -0.385 e. The number of halogens is 1. The van der Waals surface area contributed by atoms with Crippen molar-refractivity contribution in [2.45, 2.75) is 12.8 Å². The SMILES string of the molecule is COCCCc1nc(-c2ccc(F)cc2)c(-c2ccnc3[nH]c(-c4ccccc4)cc23)[nH]1. The Bertz CT molecular complexity index is 1340. The zero-order valence-corrected chi connectivity index (χ0v) is 17.7. The van der Waals surface area contributed by atoms with Crippen molar-refractivity contribution in [3.63, 3.8) is 0 Å². The van der Waals surface area contributed by atoms with E-state index in [1.54, 1.807) is 25.4 Å². The fraction of sp³-hybridized carbons (Fsp3) is 0.154. The molecule has 0 fully saturated rings. The summed E-state index contributed by atoms with van der Waals surface area (Å²) in [4.78, 5) is 16.3. The quantitative estimate of drug-likeness (QED) is 0.314. The number of methoxy groups -OCH3 is 1. The second-order valence-electron chi connectivity index (χ2n) is 7.68. The zero-order chi connectivity index (χ0) is 21.9. The Morgan fingerprint density at radius 1 is 0.938 bits per heavy atom. The highest BCUT2D eigenvalue weighted by Gasteiger charge is 2.18. The summed E-state index contributed by atoms with van der Waals surface area (Å²) < 4.78 is 18.7. The van der Waals surface area contributed by atoms with Crippen LogP contribution in [0.2, 0.25) is 0 Å². The van der Waals surface area contributed by atoms with Crippen LogP contribution in [0.1, 0.15) is 12.2 Å². The van der Waals surface area contributed by atoms with Crippen LogP contribution in [-0.2, 0) is 11.2 Å². The van der Waals surface area contributed by atoms with Gasteiger partial charge in [-0.1, -0.05) is 30.3 Å². The van der Waals surface area contributed by atoms with Crippen LogP contribution in [0.5, 0.6) is 0 Å². The molecule has 32 heavy (non-hydrogen) atoms. The lowest BCUT2D eigenvalue weighted by Gasteiger charge is -2.05. The van der Waals surface area contributed by atoms with Crippen LogP contribution in [0.4, 0.5) is 4.39 Å². The maximum atomic E-state index is 13.6. The van der Waals surface area contributed by atoms with Crippen LogP contribution < -0.4 is 0 Å². The fourth-order valence-electron chi connectivity index (χ4n) is 3.95. The molecule has 6 heteroatoms. The third-order valence-electron chi connectivity index (χ3n) is 5.52. The van der Waals surface area contributed by atoms with E-state index in [0.717, 1.165) is 63.5 Å². The van der Waals surface area contributed by atoms with Crippen LogP contribution in [-0.4, -0.2) is 33.7 Å². The molecule has 5 rings (SSSR count). The summed E-state index contributed by atoms with van der Waals surface area (Å²) in [6.07, 6.45) is 3.42. The maximum absolute atomic E-state index is 13.6. The van der Waals surface area contributed by atoms with E-state index in [1.165, 1.54) is 12.1 Å². The molecule has 0 aliphatic heterocycles. The number of aromatic nitrogens is 4. The summed E-state index contributed by atoms with van der Waals surface area (Å²) in [6.45, 7) is 0.666. The minimum absolute atomic E-state index is 0.268. The van der Waals surface area contributed by atoms with Gasteiger partial charge in [0.05, 0.1) is 11.4 Å². The average molecular weight is 426 g/mol. The number of hydrogen-bond donors (Lipinski definition) is 2. The number of fused-ring (bicyclic) bond motifs is 1. The molecule has 5 aromatic rings. The summed E-state index contributed by atoms with van der Waals surface area (Å²) in [5.41, 5.74) is 6.46. The molecule has 0 atom stereocenters. The molecule has 0 aliphatic carbocycles. The number of rotatable bonds is 7. The number of ether oxygens (including phenoxy) is 1. The molecule has 2 N–H and O–H groups in total. The van der Waals surface area contributed by atoms with E-state index >= 15 is 0 Å². The average Bonchev–Trinajstić information content (AvgIpc) is 3.45. The highest BCUT2D eigenvalue weighted by molar-refractivity contribution is 5.98. The van der Waals surface area contributed by atoms with E-state index in [0.29, 0.717) is 6.61 Å². The molecule has 0 saturated carbocycles. The number of aromatic amines is 2. The number of hydrogen-bond acceptors (Lipinski definition) is 3. The number of nitrogens with one attached hydrogen (secondary N) is 2. The maximum Gasteiger partial charge on any atom is 0.138 e. The molecule has 0 bridgehead atoms. The highest BCUT2D eigenvalue weighted by atomic mass is 19.1. The molecular weight excluding hydrogens is 403 g/mol. The van der Waals surface area contributed by atoms with Crippen molar-refractivity contribution in [2.24, 2.45) is 0 Å². The number of benzene rings is 2. The first-order valence-corrected chi connectivity index (χ1v) is 10.6. The Kier molecular flexibility index (Phi) is 5.52. The van der Waals surface area contributed by atoms with Crippen LogP contribution in [0.25, 0.3) is 44.8 Å². The minimum atomic E-state index is -0.268. The van der Waals surface area contributed by atoms with E-state index in [1.807, 2.05) is 24.3 Å². The molecule has 3 aromatic heterocycles. The number of H-pyrrole nitrogens is 2. The van der Waals surface area contributed by atoms with Gasteiger partial charge in [0.2, 0.25) is 0 Å². The summed E-state index contributed by atoms with van der Waals surface area (Å²) in [5, 5.41) is 1.00. The Morgan fingerprint density at radius 2 is 1.75 bits per heavy atom. The monoisotopic (exact) mass is 426 g/mol. The van der Waals surface area contributed by atoms with Gasteiger partial charge in [0.25, 0.3) is 0 Å². The van der Waals surface area contributed by atoms with E-state index in [2.05, 4.69) is 33.2 Å². The van der Waals surface area contributed by atoms with Crippen molar-refractivity contribution >= 4 is 11.0 Å². The first-order chi connectivity index (χ1) is 15.7. The lowest BCUT2D eigenvalue weighted by molar-refractivity contribution is 0.194. The van der Waals surface area contributed by atoms with Gasteiger partial charge in [-0.05, 0) is 48.4 Å². The van der Waals surface area contributed by atoms with Crippen molar-refractivity contribution in [1.29, 1.82) is 0 Å². The fourth-order valence-corrected chi connectivity index (χ4v) is 3.95. The third kappa shape index (κ3) is 3.92. The van der Waals surface area contributed by atoms with E-state index in [9.17, 15) is 4.39 Å².